The molecule has 0 atom stereocenters. The predicted octanol–water partition coefficient (Wildman–Crippen LogP) is 4.34. The highest BCUT2D eigenvalue weighted by atomic mass is 79.9. The molecule has 19 heavy (non-hydrogen) atoms. The number of hydrogen-bond donors (Lipinski definition) is 1. The van der Waals surface area contributed by atoms with Gasteiger partial charge in [-0.15, -0.1) is 0 Å². The van der Waals surface area contributed by atoms with E-state index in [1.807, 2.05) is 12.1 Å². The zero-order valence-corrected chi connectivity index (χ0v) is 12.3. The topological polar surface area (TPSA) is 30.9 Å². The Kier molecular flexibility index (Phi) is 3.07. The smallest absolute Gasteiger partial charge is 0.0496 e. The zero-order chi connectivity index (χ0) is 13.4. The number of nitrogen functional groups attached to an aromatic ring is 1. The second kappa shape index (κ2) is 4.74. The third-order valence-electron chi connectivity index (χ3n) is 3.38. The minimum absolute atomic E-state index is 0.798. The highest BCUT2D eigenvalue weighted by molar-refractivity contribution is 9.10. The van der Waals surface area contributed by atoms with Crippen molar-refractivity contribution in [1.82, 2.24) is 4.57 Å². The number of hydrogen-bond acceptors (Lipinski definition) is 1. The molecule has 2 N–H and O–H groups in total. The van der Waals surface area contributed by atoms with E-state index in [0.29, 0.717) is 0 Å². The zero-order valence-electron chi connectivity index (χ0n) is 10.7. The van der Waals surface area contributed by atoms with Gasteiger partial charge in [0.05, 0.1) is 0 Å². The molecule has 0 amide bonds. The monoisotopic (exact) mass is 314 g/mol. The average molecular weight is 315 g/mol. The standard InChI is InChI=1S/C16H15BrN2/c1-11-2-3-12-6-7-19(16(12)8-11)10-13-4-5-14(17)9-15(13)18/h2-9H,10,18H2,1H3. The molecule has 3 aromatic rings. The van der Waals surface area contributed by atoms with Crippen LogP contribution in [0, 0.1) is 6.92 Å². The summed E-state index contributed by atoms with van der Waals surface area (Å²) >= 11 is 3.44. The number of fused-ring (bicyclic) bond motifs is 1. The van der Waals surface area contributed by atoms with Crippen molar-refractivity contribution in [3.8, 4) is 0 Å². The van der Waals surface area contributed by atoms with Crippen molar-refractivity contribution in [3.63, 3.8) is 0 Å². The fourth-order valence-corrected chi connectivity index (χ4v) is 2.70. The minimum atomic E-state index is 0.798. The van der Waals surface area contributed by atoms with Crippen LogP contribution < -0.4 is 5.73 Å². The Morgan fingerprint density at radius 2 is 1.95 bits per heavy atom. The lowest BCUT2D eigenvalue weighted by molar-refractivity contribution is 0.838. The number of halogens is 1. The highest BCUT2D eigenvalue weighted by Gasteiger charge is 2.05. The number of aryl methyl sites for hydroxylation is 1. The molecule has 0 fully saturated rings. The van der Waals surface area contributed by atoms with E-state index in [0.717, 1.165) is 22.3 Å². The van der Waals surface area contributed by atoms with Gasteiger partial charge in [-0.25, -0.2) is 0 Å². The quantitative estimate of drug-likeness (QED) is 0.701. The summed E-state index contributed by atoms with van der Waals surface area (Å²) in [6, 6.07) is 14.7. The first-order chi connectivity index (χ1) is 9.13. The Morgan fingerprint density at radius 3 is 2.74 bits per heavy atom. The van der Waals surface area contributed by atoms with E-state index in [-0.39, 0.29) is 0 Å². The largest absolute Gasteiger partial charge is 0.398 e. The van der Waals surface area contributed by atoms with Gasteiger partial charge in [0.1, 0.15) is 0 Å². The summed E-state index contributed by atoms with van der Waals surface area (Å²) in [5.74, 6) is 0. The Bertz CT molecular complexity index is 744. The summed E-state index contributed by atoms with van der Waals surface area (Å²) in [5.41, 5.74) is 10.6. The first-order valence-electron chi connectivity index (χ1n) is 6.23. The average Bonchev–Trinajstić information content (AvgIpc) is 2.75. The Hall–Kier alpha value is -1.74. The highest BCUT2D eigenvalue weighted by Crippen LogP contribution is 2.23. The molecule has 3 rings (SSSR count). The molecule has 1 heterocycles. The number of rotatable bonds is 2. The molecule has 3 heteroatoms. The van der Waals surface area contributed by atoms with Crippen LogP contribution in [0.15, 0.2) is 53.1 Å². The minimum Gasteiger partial charge on any atom is -0.398 e. The fourth-order valence-electron chi connectivity index (χ4n) is 2.33. The van der Waals surface area contributed by atoms with Crippen LogP contribution >= 0.6 is 15.9 Å². The lowest BCUT2D eigenvalue weighted by Crippen LogP contribution is -2.01. The van der Waals surface area contributed by atoms with Crippen molar-refractivity contribution in [3.05, 3.63) is 64.3 Å². The van der Waals surface area contributed by atoms with Crippen LogP contribution in [0.5, 0.6) is 0 Å². The molecule has 2 nitrogen and oxygen atoms in total. The second-order valence-corrected chi connectivity index (χ2v) is 5.76. The molecule has 0 unspecified atom stereocenters. The van der Waals surface area contributed by atoms with Gasteiger partial charge < -0.3 is 10.3 Å². The lowest BCUT2D eigenvalue weighted by Gasteiger charge is -2.09. The van der Waals surface area contributed by atoms with Gasteiger partial charge in [-0.1, -0.05) is 34.1 Å². The van der Waals surface area contributed by atoms with Crippen molar-refractivity contribution in [1.29, 1.82) is 0 Å². The van der Waals surface area contributed by atoms with Crippen molar-refractivity contribution < 1.29 is 0 Å². The summed E-state index contributed by atoms with van der Waals surface area (Å²) in [6.07, 6.45) is 2.12. The Labute approximate surface area is 121 Å². The third kappa shape index (κ3) is 2.38. The number of nitrogens with zero attached hydrogens (tertiary/aromatic N) is 1. The summed E-state index contributed by atoms with van der Waals surface area (Å²) in [6.45, 7) is 2.91. The van der Waals surface area contributed by atoms with Gasteiger partial charge in [-0.05, 0) is 47.7 Å². The van der Waals surface area contributed by atoms with Crippen LogP contribution in [0.1, 0.15) is 11.1 Å². The van der Waals surface area contributed by atoms with Crippen LogP contribution in [0.25, 0.3) is 10.9 Å². The van der Waals surface area contributed by atoms with E-state index in [1.165, 1.54) is 16.5 Å². The van der Waals surface area contributed by atoms with Crippen LogP contribution in [-0.4, -0.2) is 4.57 Å². The molecule has 96 valence electrons. The van der Waals surface area contributed by atoms with Gasteiger partial charge in [0, 0.05) is 28.4 Å². The van der Waals surface area contributed by atoms with Crippen molar-refractivity contribution in [2.75, 3.05) is 5.73 Å². The van der Waals surface area contributed by atoms with E-state index < -0.39 is 0 Å². The van der Waals surface area contributed by atoms with Crippen molar-refractivity contribution >= 4 is 32.5 Å². The summed E-state index contributed by atoms with van der Waals surface area (Å²) in [4.78, 5) is 0. The van der Waals surface area contributed by atoms with Crippen LogP contribution in [0.2, 0.25) is 0 Å². The van der Waals surface area contributed by atoms with E-state index in [4.69, 9.17) is 5.73 Å². The van der Waals surface area contributed by atoms with E-state index in [1.54, 1.807) is 0 Å². The molecule has 0 radical (unpaired) electrons. The SMILES string of the molecule is Cc1ccc2ccn(Cc3ccc(Br)cc3N)c2c1. The molecular weight excluding hydrogens is 300 g/mol. The first kappa shape index (κ1) is 12.3. The summed E-state index contributed by atoms with van der Waals surface area (Å²) < 4.78 is 3.25. The van der Waals surface area contributed by atoms with Gasteiger partial charge in [0.2, 0.25) is 0 Å². The third-order valence-corrected chi connectivity index (χ3v) is 3.87. The number of anilines is 1. The summed E-state index contributed by atoms with van der Waals surface area (Å²) in [5, 5.41) is 1.27. The molecule has 0 aliphatic rings. The van der Waals surface area contributed by atoms with Gasteiger partial charge in [0.25, 0.3) is 0 Å². The van der Waals surface area contributed by atoms with Crippen LogP contribution in [0.4, 0.5) is 5.69 Å². The van der Waals surface area contributed by atoms with Gasteiger partial charge in [-0.2, -0.15) is 0 Å². The first-order valence-corrected chi connectivity index (χ1v) is 7.02. The van der Waals surface area contributed by atoms with Gasteiger partial charge in [0.15, 0.2) is 0 Å². The maximum atomic E-state index is 6.07. The fraction of sp³-hybridized carbons (Fsp3) is 0.125. The molecular formula is C16H15BrN2. The second-order valence-electron chi connectivity index (χ2n) is 4.85. The molecule has 1 aromatic heterocycles. The number of benzene rings is 2. The molecule has 0 bridgehead atoms. The van der Waals surface area contributed by atoms with E-state index in [2.05, 4.69) is 63.9 Å². The summed E-state index contributed by atoms with van der Waals surface area (Å²) in [7, 11) is 0. The molecule has 0 aliphatic carbocycles. The number of nitrogens with two attached hydrogens (primary N) is 1. The normalized spacial score (nSPS) is 11.1. The van der Waals surface area contributed by atoms with E-state index >= 15 is 0 Å². The Morgan fingerprint density at radius 1 is 1.11 bits per heavy atom. The Balaban J connectivity index is 2.03. The lowest BCUT2D eigenvalue weighted by atomic mass is 10.1. The van der Waals surface area contributed by atoms with Crippen molar-refractivity contribution in [2.45, 2.75) is 13.5 Å². The maximum absolute atomic E-state index is 6.07. The molecule has 0 aliphatic heterocycles. The molecule has 0 saturated carbocycles. The molecule has 0 spiro atoms. The van der Waals surface area contributed by atoms with Gasteiger partial charge in [-0.3, -0.25) is 0 Å². The van der Waals surface area contributed by atoms with Crippen molar-refractivity contribution in [2.24, 2.45) is 0 Å². The number of aromatic nitrogens is 1. The maximum Gasteiger partial charge on any atom is 0.0496 e. The van der Waals surface area contributed by atoms with Gasteiger partial charge >= 0.3 is 0 Å². The molecule has 0 saturated heterocycles. The predicted molar refractivity (Wildman–Crippen MR) is 84.3 cm³/mol. The van der Waals surface area contributed by atoms with E-state index in [9.17, 15) is 0 Å². The van der Waals surface area contributed by atoms with Crippen LogP contribution in [0.3, 0.4) is 0 Å². The molecule has 2 aromatic carbocycles. The van der Waals surface area contributed by atoms with Crippen LogP contribution in [-0.2, 0) is 6.54 Å².